The molecule has 1 aromatic carbocycles. The Morgan fingerprint density at radius 2 is 1.28 bits per heavy atom. The second-order valence-corrected chi connectivity index (χ2v) is 16.3. The van der Waals surface area contributed by atoms with Gasteiger partial charge in [-0.25, -0.2) is 14.4 Å². The molecule has 4 heterocycles. The molecule has 3 aliphatic heterocycles. The Morgan fingerprint density at radius 1 is 0.766 bits per heavy atom. The van der Waals surface area contributed by atoms with Crippen molar-refractivity contribution in [2.45, 2.75) is 117 Å². The van der Waals surface area contributed by atoms with Crippen LogP contribution in [0.25, 0.3) is 11.0 Å². The van der Waals surface area contributed by atoms with Gasteiger partial charge in [0.2, 0.25) is 11.2 Å². The summed E-state index contributed by atoms with van der Waals surface area (Å²) in [6.45, 7) is 15.8. The van der Waals surface area contributed by atoms with Crippen molar-refractivity contribution in [3.63, 3.8) is 0 Å². The van der Waals surface area contributed by atoms with Crippen LogP contribution < -0.4 is 10.4 Å². The average molecular weight is 671 g/mol. The fourth-order valence-corrected chi connectivity index (χ4v) is 8.90. The maximum absolute atomic E-state index is 14.5. The first-order valence-corrected chi connectivity index (χ1v) is 16.3. The highest BCUT2D eigenvalue weighted by atomic mass is 35.5. The first-order valence-electron chi connectivity index (χ1n) is 16.0. The first kappa shape index (κ1) is 32.0. The molecule has 4 bridgehead atoms. The molecule has 2 aliphatic carbocycles. The predicted octanol–water partition coefficient (Wildman–Crippen LogP) is 5.67. The molecule has 0 N–H and O–H groups in total. The molecule has 2 aromatic rings. The minimum absolute atomic E-state index is 0.0411. The van der Waals surface area contributed by atoms with E-state index < -0.39 is 80.2 Å². The van der Waals surface area contributed by atoms with Crippen molar-refractivity contribution in [1.82, 2.24) is 0 Å². The highest BCUT2D eigenvalue weighted by Gasteiger charge is 2.78. The van der Waals surface area contributed by atoms with Gasteiger partial charge in [-0.1, -0.05) is 39.3 Å². The van der Waals surface area contributed by atoms with Gasteiger partial charge in [0.25, 0.3) is 0 Å². The third kappa shape index (κ3) is 3.51. The zero-order valence-electron chi connectivity index (χ0n) is 28.0. The summed E-state index contributed by atoms with van der Waals surface area (Å²) in [5.74, 6) is -2.36. The molecule has 1 aromatic heterocycles. The van der Waals surface area contributed by atoms with Gasteiger partial charge in [-0.2, -0.15) is 0 Å². The number of ether oxygens (including phenoxy) is 5. The standard InChI is InChI=1S/C35H39ClO11/c1-16-17-10-11-18-19(21(17)42-24(37)20(16)36)22(43-27(40)34-14-12-32(8,25(38)46-34)30(34,4)5)23(29(2,3)45-18)44-28(41)35-15-13-33(9,26(39)47-35)31(35,6)7/h10-11,22-23H,12-15H2,1-9H3/t22-,23-,32+,33+,34-,35-/m1/s1. The molecule has 2 saturated carbocycles. The van der Waals surface area contributed by atoms with Crippen LogP contribution in [0.15, 0.2) is 21.3 Å². The zero-order chi connectivity index (χ0) is 34.5. The molecule has 0 unspecified atom stereocenters. The summed E-state index contributed by atoms with van der Waals surface area (Å²) in [5.41, 5.74) is -8.37. The number of esters is 4. The first-order chi connectivity index (χ1) is 21.6. The van der Waals surface area contributed by atoms with Gasteiger partial charge in [0.1, 0.15) is 22.0 Å². The van der Waals surface area contributed by atoms with Gasteiger partial charge in [0, 0.05) is 16.2 Å². The van der Waals surface area contributed by atoms with Crippen LogP contribution in [0.4, 0.5) is 0 Å². The van der Waals surface area contributed by atoms with Gasteiger partial charge < -0.3 is 28.1 Å². The number of benzene rings is 1. The van der Waals surface area contributed by atoms with Crippen LogP contribution >= 0.6 is 11.6 Å². The molecule has 6 atom stereocenters. The lowest BCUT2D eigenvalue weighted by Gasteiger charge is -2.45. The van der Waals surface area contributed by atoms with Crippen molar-refractivity contribution in [2.75, 3.05) is 0 Å². The second-order valence-electron chi connectivity index (χ2n) is 15.9. The number of rotatable bonds is 4. The summed E-state index contributed by atoms with van der Waals surface area (Å²) in [6.07, 6.45) is -1.41. The molecular weight excluding hydrogens is 632 g/mol. The van der Waals surface area contributed by atoms with Crippen molar-refractivity contribution in [3.05, 3.63) is 38.7 Å². The van der Waals surface area contributed by atoms with Crippen molar-refractivity contribution in [2.24, 2.45) is 21.7 Å². The third-order valence-corrected chi connectivity index (χ3v) is 13.6. The Hall–Kier alpha value is -3.60. The molecule has 0 spiro atoms. The van der Waals surface area contributed by atoms with Crippen molar-refractivity contribution < 1.29 is 47.3 Å². The van der Waals surface area contributed by atoms with E-state index in [2.05, 4.69) is 0 Å². The molecule has 252 valence electrons. The van der Waals surface area contributed by atoms with E-state index in [0.29, 0.717) is 23.8 Å². The fraction of sp³-hybridized carbons (Fsp3) is 0.629. The van der Waals surface area contributed by atoms with Crippen LogP contribution in [-0.2, 0) is 38.1 Å². The quantitative estimate of drug-likeness (QED) is 0.225. The summed E-state index contributed by atoms with van der Waals surface area (Å²) >= 11 is 6.26. The second kappa shape index (κ2) is 9.09. The molecule has 47 heavy (non-hydrogen) atoms. The fourth-order valence-electron chi connectivity index (χ4n) is 8.76. The minimum Gasteiger partial charge on any atom is -0.483 e. The lowest BCUT2D eigenvalue weighted by molar-refractivity contribution is -0.217. The average Bonchev–Trinajstić information content (AvgIpc) is 3.45. The molecule has 7 rings (SSSR count). The van der Waals surface area contributed by atoms with Gasteiger partial charge >= 0.3 is 29.5 Å². The van der Waals surface area contributed by atoms with Crippen molar-refractivity contribution in [1.29, 1.82) is 0 Å². The smallest absolute Gasteiger partial charge is 0.355 e. The van der Waals surface area contributed by atoms with Crippen molar-refractivity contribution in [3.8, 4) is 5.75 Å². The summed E-state index contributed by atoms with van der Waals surface area (Å²) in [4.78, 5) is 67.8. The Bertz CT molecular complexity index is 1890. The number of hydrogen-bond donors (Lipinski definition) is 0. The summed E-state index contributed by atoms with van der Waals surface area (Å²) in [5, 5.41) is 0.349. The van der Waals surface area contributed by atoms with E-state index in [-0.39, 0.29) is 34.8 Å². The predicted molar refractivity (Wildman–Crippen MR) is 166 cm³/mol. The molecule has 0 radical (unpaired) electrons. The van der Waals surface area contributed by atoms with Crippen LogP contribution in [0.5, 0.6) is 5.75 Å². The van der Waals surface area contributed by atoms with E-state index in [1.54, 1.807) is 60.6 Å². The van der Waals surface area contributed by atoms with Gasteiger partial charge in [-0.15, -0.1) is 0 Å². The summed E-state index contributed by atoms with van der Waals surface area (Å²) in [6, 6.07) is 3.33. The molecule has 11 nitrogen and oxygen atoms in total. The number of carbonyl (C=O) groups is 4. The van der Waals surface area contributed by atoms with E-state index in [0.717, 1.165) is 0 Å². The van der Waals surface area contributed by atoms with Gasteiger partial charge in [-0.05, 0) is 78.0 Å². The van der Waals surface area contributed by atoms with Gasteiger partial charge in [0.05, 0.1) is 16.4 Å². The molecule has 2 saturated heterocycles. The van der Waals surface area contributed by atoms with E-state index in [9.17, 15) is 24.0 Å². The maximum Gasteiger partial charge on any atom is 0.355 e. The molecule has 4 fully saturated rings. The molecule has 5 aliphatic rings. The summed E-state index contributed by atoms with van der Waals surface area (Å²) in [7, 11) is 0. The maximum atomic E-state index is 14.5. The van der Waals surface area contributed by atoms with Crippen LogP contribution in [0.2, 0.25) is 5.02 Å². The van der Waals surface area contributed by atoms with Crippen LogP contribution in [-0.4, -0.2) is 46.8 Å². The Morgan fingerprint density at radius 3 is 1.74 bits per heavy atom. The number of halogens is 1. The number of hydrogen-bond acceptors (Lipinski definition) is 11. The SMILES string of the molecule is Cc1c(Cl)c(=O)oc2c3c(ccc12)OC(C)(C)[C@H](OC(=O)[C@@]12CC[C@@](C)(C(=O)O1)C2(C)C)[C@@H]3OC(=O)[C@@]12CC[C@@](C)(C(=O)O1)C2(C)C. The molecule has 0 amide bonds. The lowest BCUT2D eigenvalue weighted by atomic mass is 9.66. The van der Waals surface area contributed by atoms with Gasteiger partial charge in [-0.3, -0.25) is 9.59 Å². The number of fused-ring (bicyclic) bond motifs is 7. The molecule has 12 heteroatoms. The van der Waals surface area contributed by atoms with E-state index in [1.165, 1.54) is 0 Å². The van der Waals surface area contributed by atoms with E-state index in [4.69, 9.17) is 39.7 Å². The van der Waals surface area contributed by atoms with Crippen LogP contribution in [0, 0.1) is 28.6 Å². The van der Waals surface area contributed by atoms with Gasteiger partial charge in [0.15, 0.2) is 12.2 Å². The Kier molecular flexibility index (Phi) is 6.19. The number of carbonyl (C=O) groups excluding carboxylic acids is 4. The normalized spacial score (nSPS) is 36.8. The lowest BCUT2D eigenvalue weighted by Crippen LogP contribution is -2.57. The minimum atomic E-state index is -1.62. The Labute approximate surface area is 276 Å². The van der Waals surface area contributed by atoms with E-state index >= 15 is 0 Å². The topological polar surface area (TPSA) is 145 Å². The monoisotopic (exact) mass is 670 g/mol. The van der Waals surface area contributed by atoms with Crippen LogP contribution in [0.1, 0.15) is 98.3 Å². The highest BCUT2D eigenvalue weighted by Crippen LogP contribution is 2.67. The van der Waals surface area contributed by atoms with Crippen LogP contribution in [0.3, 0.4) is 0 Å². The van der Waals surface area contributed by atoms with E-state index in [1.807, 2.05) is 13.8 Å². The highest BCUT2D eigenvalue weighted by molar-refractivity contribution is 6.31. The summed E-state index contributed by atoms with van der Waals surface area (Å²) < 4.78 is 36.4. The largest absolute Gasteiger partial charge is 0.483 e. The zero-order valence-corrected chi connectivity index (χ0v) is 28.8. The van der Waals surface area contributed by atoms with Crippen molar-refractivity contribution >= 4 is 46.4 Å². The Balaban J connectivity index is 1.38. The third-order valence-electron chi connectivity index (χ3n) is 13.2. The molecular formula is C35H39ClO11. The number of aryl methyl sites for hydroxylation is 1.